The van der Waals surface area contributed by atoms with Gasteiger partial charge >= 0.3 is 0 Å². The molecule has 1 aromatic heterocycles. The predicted molar refractivity (Wildman–Crippen MR) is 115 cm³/mol. The molecule has 1 aliphatic heterocycles. The Balaban J connectivity index is 1.87. The molecule has 156 valence electrons. The van der Waals surface area contributed by atoms with E-state index in [1.165, 1.54) is 0 Å². The lowest BCUT2D eigenvalue weighted by molar-refractivity contribution is -0.122. The minimum atomic E-state index is -0.121. The van der Waals surface area contributed by atoms with E-state index in [1.807, 2.05) is 30.9 Å². The van der Waals surface area contributed by atoms with Gasteiger partial charge in [0.25, 0.3) is 5.91 Å². The molecule has 6 nitrogen and oxygen atoms in total. The van der Waals surface area contributed by atoms with Gasteiger partial charge in [-0.05, 0) is 44.7 Å². The highest BCUT2D eigenvalue weighted by atomic mass is 35.5. The molecule has 3 rings (SSSR count). The zero-order valence-corrected chi connectivity index (χ0v) is 18.1. The van der Waals surface area contributed by atoms with Crippen LogP contribution >= 0.6 is 11.6 Å². The van der Waals surface area contributed by atoms with Crippen molar-refractivity contribution in [2.24, 2.45) is 5.92 Å². The van der Waals surface area contributed by atoms with Crippen molar-refractivity contribution in [3.63, 3.8) is 0 Å². The lowest BCUT2D eigenvalue weighted by Crippen LogP contribution is -2.33. The van der Waals surface area contributed by atoms with Gasteiger partial charge in [0.15, 0.2) is 0 Å². The monoisotopic (exact) mass is 416 g/mol. The van der Waals surface area contributed by atoms with Crippen LogP contribution in [-0.2, 0) is 11.3 Å². The maximum Gasteiger partial charge on any atom is 0.274 e. The highest BCUT2D eigenvalue weighted by Gasteiger charge is 2.28. The Morgan fingerprint density at radius 1 is 1.34 bits per heavy atom. The van der Waals surface area contributed by atoms with Crippen molar-refractivity contribution < 1.29 is 9.59 Å². The first-order chi connectivity index (χ1) is 13.9. The summed E-state index contributed by atoms with van der Waals surface area (Å²) in [6, 6.07) is 7.34. The summed E-state index contributed by atoms with van der Waals surface area (Å²) in [5.74, 6) is 0.938. The lowest BCUT2D eigenvalue weighted by Gasteiger charge is -2.14. The number of rotatable bonds is 7. The van der Waals surface area contributed by atoms with Crippen LogP contribution in [0, 0.1) is 5.92 Å². The molecule has 2 heterocycles. The Bertz CT molecular complexity index is 877. The molecular weight excluding hydrogens is 388 g/mol. The van der Waals surface area contributed by atoms with Crippen molar-refractivity contribution in [2.45, 2.75) is 52.6 Å². The Morgan fingerprint density at radius 2 is 2.14 bits per heavy atom. The quantitative estimate of drug-likeness (QED) is 0.742. The van der Waals surface area contributed by atoms with E-state index in [9.17, 15) is 9.59 Å². The Morgan fingerprint density at radius 3 is 2.83 bits per heavy atom. The molecule has 1 aromatic carbocycles. The highest BCUT2D eigenvalue weighted by Crippen LogP contribution is 2.25. The third-order valence-corrected chi connectivity index (χ3v) is 5.35. The first-order valence-electron chi connectivity index (χ1n) is 10.3. The number of nitrogens with zero attached hydrogens (tertiary/aromatic N) is 3. The van der Waals surface area contributed by atoms with E-state index in [0.29, 0.717) is 22.5 Å². The van der Waals surface area contributed by atoms with E-state index < -0.39 is 0 Å². The van der Waals surface area contributed by atoms with Crippen LogP contribution in [0.15, 0.2) is 30.5 Å². The van der Waals surface area contributed by atoms with E-state index in [2.05, 4.69) is 17.2 Å². The molecule has 2 amide bonds. The second-order valence-corrected chi connectivity index (χ2v) is 8.44. The maximum absolute atomic E-state index is 13.0. The van der Waals surface area contributed by atoms with Crippen LogP contribution in [0.25, 0.3) is 11.4 Å². The number of nitrogens with one attached hydrogen (secondary N) is 1. The van der Waals surface area contributed by atoms with Gasteiger partial charge in [-0.3, -0.25) is 9.59 Å². The zero-order chi connectivity index (χ0) is 21.0. The number of imidazole rings is 1. The minimum absolute atomic E-state index is 0.0434. The number of carbonyl (C=O) groups excluding carboxylic acids is 2. The third-order valence-electron chi connectivity index (χ3n) is 5.11. The van der Waals surface area contributed by atoms with Crippen molar-refractivity contribution in [2.75, 3.05) is 13.1 Å². The van der Waals surface area contributed by atoms with Crippen molar-refractivity contribution >= 4 is 23.4 Å². The normalized spacial score (nSPS) is 16.4. The van der Waals surface area contributed by atoms with E-state index in [1.54, 1.807) is 22.9 Å². The standard InChI is InChI=1S/C22H29ClN4O2/c1-4-6-16-9-10-26(12-16)22(29)19-13-27(14-20(28)24-15(2)3)21(25-19)17-7-5-8-18(23)11-17/h5,7-8,11,13,15-16H,4,6,9-10,12,14H2,1-3H3,(H,24,28). The summed E-state index contributed by atoms with van der Waals surface area (Å²) in [5.41, 5.74) is 1.15. The van der Waals surface area contributed by atoms with Gasteiger partial charge in [0.05, 0.1) is 0 Å². The van der Waals surface area contributed by atoms with E-state index >= 15 is 0 Å². The second kappa shape index (κ2) is 9.44. The number of carbonyl (C=O) groups is 2. The summed E-state index contributed by atoms with van der Waals surface area (Å²) in [5, 5.41) is 3.47. The number of likely N-dealkylation sites (tertiary alicyclic amines) is 1. The molecule has 1 saturated heterocycles. The molecule has 7 heteroatoms. The van der Waals surface area contributed by atoms with Gasteiger partial charge in [0.1, 0.15) is 18.1 Å². The molecule has 0 saturated carbocycles. The van der Waals surface area contributed by atoms with Crippen LogP contribution in [0.3, 0.4) is 0 Å². The minimum Gasteiger partial charge on any atom is -0.352 e. The molecular formula is C22H29ClN4O2. The summed E-state index contributed by atoms with van der Waals surface area (Å²) >= 11 is 6.15. The molecule has 1 aliphatic rings. The molecule has 0 radical (unpaired) electrons. The van der Waals surface area contributed by atoms with Gasteiger partial charge in [0, 0.05) is 35.9 Å². The molecule has 1 fully saturated rings. The summed E-state index contributed by atoms with van der Waals surface area (Å²) in [4.78, 5) is 31.9. The van der Waals surface area contributed by atoms with E-state index in [4.69, 9.17) is 11.6 Å². The van der Waals surface area contributed by atoms with Crippen molar-refractivity contribution in [3.8, 4) is 11.4 Å². The topological polar surface area (TPSA) is 67.2 Å². The molecule has 0 bridgehead atoms. The smallest absolute Gasteiger partial charge is 0.274 e. The van der Waals surface area contributed by atoms with Gasteiger partial charge in [0.2, 0.25) is 5.91 Å². The van der Waals surface area contributed by atoms with E-state index in [-0.39, 0.29) is 24.4 Å². The largest absolute Gasteiger partial charge is 0.352 e. The average molecular weight is 417 g/mol. The molecule has 0 aliphatic carbocycles. The number of hydrogen-bond donors (Lipinski definition) is 1. The van der Waals surface area contributed by atoms with E-state index in [0.717, 1.165) is 37.9 Å². The fourth-order valence-electron chi connectivity index (χ4n) is 3.84. The average Bonchev–Trinajstić information content (AvgIpc) is 3.28. The van der Waals surface area contributed by atoms with Gasteiger partial charge in [-0.2, -0.15) is 0 Å². The zero-order valence-electron chi connectivity index (χ0n) is 17.3. The van der Waals surface area contributed by atoms with Crippen LogP contribution < -0.4 is 5.32 Å². The van der Waals surface area contributed by atoms with Crippen molar-refractivity contribution in [1.29, 1.82) is 0 Å². The molecule has 1 N–H and O–H groups in total. The number of amides is 2. The van der Waals surface area contributed by atoms with Gasteiger partial charge in [-0.15, -0.1) is 0 Å². The number of halogens is 1. The summed E-state index contributed by atoms with van der Waals surface area (Å²) in [6.07, 6.45) is 5.00. The SMILES string of the molecule is CCCC1CCN(C(=O)c2cn(CC(=O)NC(C)C)c(-c3cccc(Cl)c3)n2)C1. The first kappa shape index (κ1) is 21.4. The molecule has 29 heavy (non-hydrogen) atoms. The van der Waals surface area contributed by atoms with Crippen LogP contribution in [0.1, 0.15) is 50.5 Å². The fraction of sp³-hybridized carbons (Fsp3) is 0.500. The van der Waals surface area contributed by atoms with Crippen molar-refractivity contribution in [3.05, 3.63) is 41.2 Å². The predicted octanol–water partition coefficient (Wildman–Crippen LogP) is 3.99. The summed E-state index contributed by atoms with van der Waals surface area (Å²) in [7, 11) is 0. The Hall–Kier alpha value is -2.34. The lowest BCUT2D eigenvalue weighted by atomic mass is 10.0. The fourth-order valence-corrected chi connectivity index (χ4v) is 4.03. The second-order valence-electron chi connectivity index (χ2n) is 8.00. The van der Waals surface area contributed by atoms with Crippen LogP contribution in [0.5, 0.6) is 0 Å². The molecule has 1 atom stereocenters. The maximum atomic E-state index is 13.0. The molecule has 1 unspecified atom stereocenters. The van der Waals surface area contributed by atoms with Gasteiger partial charge in [-0.25, -0.2) is 4.98 Å². The first-order valence-corrected chi connectivity index (χ1v) is 10.7. The van der Waals surface area contributed by atoms with Gasteiger partial charge < -0.3 is 14.8 Å². The summed E-state index contributed by atoms with van der Waals surface area (Å²) in [6.45, 7) is 7.64. The molecule has 2 aromatic rings. The number of aromatic nitrogens is 2. The van der Waals surface area contributed by atoms with Crippen LogP contribution in [0.4, 0.5) is 0 Å². The Kier molecular flexibility index (Phi) is 6.96. The van der Waals surface area contributed by atoms with Crippen LogP contribution in [-0.4, -0.2) is 45.4 Å². The van der Waals surface area contributed by atoms with Crippen molar-refractivity contribution in [1.82, 2.24) is 19.8 Å². The summed E-state index contributed by atoms with van der Waals surface area (Å²) < 4.78 is 1.73. The number of hydrogen-bond acceptors (Lipinski definition) is 3. The van der Waals surface area contributed by atoms with Gasteiger partial charge in [-0.1, -0.05) is 37.1 Å². The molecule has 0 spiro atoms. The van der Waals surface area contributed by atoms with Crippen LogP contribution in [0.2, 0.25) is 5.02 Å². The Labute approximate surface area is 177 Å². The third kappa shape index (κ3) is 5.38. The highest BCUT2D eigenvalue weighted by molar-refractivity contribution is 6.30. The number of benzene rings is 1.